The summed E-state index contributed by atoms with van der Waals surface area (Å²) in [6, 6.07) is 12.7. The van der Waals surface area contributed by atoms with Gasteiger partial charge in [0.05, 0.1) is 15.7 Å². The van der Waals surface area contributed by atoms with Crippen LogP contribution in [0.25, 0.3) is 10.9 Å². The quantitative estimate of drug-likeness (QED) is 0.784. The Kier molecular flexibility index (Phi) is 3.78. The predicted molar refractivity (Wildman–Crippen MR) is 85.4 cm³/mol. The number of hydrogen-bond donors (Lipinski definition) is 1. The van der Waals surface area contributed by atoms with Crippen LogP contribution < -0.4 is 5.73 Å². The van der Waals surface area contributed by atoms with E-state index in [1.54, 1.807) is 12.1 Å². The number of hydrogen-bond acceptors (Lipinski definition) is 2. The predicted octanol–water partition coefficient (Wildman–Crippen LogP) is 3.72. The number of para-hydroxylation sites is 1. The largest absolute Gasteiger partial charge is 0.324 e. The minimum atomic E-state index is -0.283. The summed E-state index contributed by atoms with van der Waals surface area (Å²) >= 11 is 3.19. The Hall–Kier alpha value is -1.72. The van der Waals surface area contributed by atoms with Gasteiger partial charge < -0.3 is 5.73 Å². The fourth-order valence-electron chi connectivity index (χ4n) is 2.51. The maximum atomic E-state index is 13.3. The molecule has 1 heterocycles. The van der Waals surface area contributed by atoms with E-state index in [-0.39, 0.29) is 11.9 Å². The summed E-state index contributed by atoms with van der Waals surface area (Å²) in [5.41, 5.74) is 9.18. The van der Waals surface area contributed by atoms with Crippen LogP contribution in [0.4, 0.5) is 4.39 Å². The Morgan fingerprint density at radius 1 is 1.29 bits per heavy atom. The molecule has 0 amide bonds. The summed E-state index contributed by atoms with van der Waals surface area (Å²) in [7, 11) is 1.92. The number of benzene rings is 2. The topological polar surface area (TPSA) is 43.8 Å². The van der Waals surface area contributed by atoms with Crippen molar-refractivity contribution < 1.29 is 4.39 Å². The maximum absolute atomic E-state index is 13.3. The molecule has 2 N–H and O–H groups in total. The molecular weight excluding hydrogens is 333 g/mol. The Morgan fingerprint density at radius 2 is 2.05 bits per heavy atom. The van der Waals surface area contributed by atoms with E-state index < -0.39 is 0 Å². The van der Waals surface area contributed by atoms with Gasteiger partial charge in [-0.05, 0) is 39.7 Å². The van der Waals surface area contributed by atoms with Gasteiger partial charge in [-0.2, -0.15) is 5.10 Å². The molecule has 3 nitrogen and oxygen atoms in total. The van der Waals surface area contributed by atoms with Gasteiger partial charge in [-0.1, -0.05) is 24.3 Å². The highest BCUT2D eigenvalue weighted by molar-refractivity contribution is 9.10. The van der Waals surface area contributed by atoms with Crippen molar-refractivity contribution in [3.63, 3.8) is 0 Å². The fourth-order valence-corrected chi connectivity index (χ4v) is 2.91. The average molecular weight is 348 g/mol. The SMILES string of the molecule is Cn1nc(CC(N)c2ccc(F)c(Br)c2)c2ccccc21. The lowest BCUT2D eigenvalue weighted by Gasteiger charge is -2.11. The molecule has 108 valence electrons. The molecule has 1 unspecified atom stereocenters. The van der Waals surface area contributed by atoms with Crippen molar-refractivity contribution in [2.45, 2.75) is 12.5 Å². The first-order valence-electron chi connectivity index (χ1n) is 6.67. The second-order valence-corrected chi connectivity index (χ2v) is 5.93. The summed E-state index contributed by atoms with van der Waals surface area (Å²) in [5.74, 6) is -0.283. The third-order valence-corrected chi connectivity index (χ3v) is 4.23. The fraction of sp³-hybridized carbons (Fsp3) is 0.188. The van der Waals surface area contributed by atoms with Crippen molar-refractivity contribution in [1.82, 2.24) is 9.78 Å². The van der Waals surface area contributed by atoms with Crippen LogP contribution in [0.2, 0.25) is 0 Å². The van der Waals surface area contributed by atoms with E-state index in [9.17, 15) is 4.39 Å². The first kappa shape index (κ1) is 14.2. The van der Waals surface area contributed by atoms with Crippen LogP contribution in [0, 0.1) is 5.82 Å². The van der Waals surface area contributed by atoms with E-state index in [1.165, 1.54) is 6.07 Å². The van der Waals surface area contributed by atoms with Crippen LogP contribution in [0.3, 0.4) is 0 Å². The number of aryl methyl sites for hydroxylation is 1. The lowest BCUT2D eigenvalue weighted by atomic mass is 10.0. The first-order chi connectivity index (χ1) is 10.1. The van der Waals surface area contributed by atoms with Crippen molar-refractivity contribution >= 4 is 26.8 Å². The molecule has 0 spiro atoms. The molecule has 0 bridgehead atoms. The first-order valence-corrected chi connectivity index (χ1v) is 7.46. The average Bonchev–Trinajstić information content (AvgIpc) is 2.79. The number of nitrogens with two attached hydrogens (primary N) is 1. The third-order valence-electron chi connectivity index (χ3n) is 3.62. The van der Waals surface area contributed by atoms with Crippen molar-refractivity contribution in [3.8, 4) is 0 Å². The summed E-state index contributed by atoms with van der Waals surface area (Å²) in [6.07, 6.45) is 0.611. The van der Waals surface area contributed by atoms with E-state index in [1.807, 2.05) is 36.0 Å². The third kappa shape index (κ3) is 2.71. The smallest absolute Gasteiger partial charge is 0.137 e. The highest BCUT2D eigenvalue weighted by Crippen LogP contribution is 2.25. The molecule has 0 aliphatic carbocycles. The van der Waals surface area contributed by atoms with Crippen LogP contribution in [-0.2, 0) is 13.5 Å². The number of nitrogens with zero attached hydrogens (tertiary/aromatic N) is 2. The summed E-state index contributed by atoms with van der Waals surface area (Å²) < 4.78 is 15.6. The lowest BCUT2D eigenvalue weighted by molar-refractivity contribution is 0.616. The zero-order chi connectivity index (χ0) is 15.0. The van der Waals surface area contributed by atoms with E-state index in [0.717, 1.165) is 22.2 Å². The van der Waals surface area contributed by atoms with Crippen molar-refractivity contribution in [2.75, 3.05) is 0 Å². The van der Waals surface area contributed by atoms with Gasteiger partial charge in [0.2, 0.25) is 0 Å². The van der Waals surface area contributed by atoms with Gasteiger partial charge in [0.1, 0.15) is 5.82 Å². The van der Waals surface area contributed by atoms with E-state index >= 15 is 0 Å². The second-order valence-electron chi connectivity index (χ2n) is 5.07. The molecular formula is C16H15BrFN3. The Balaban J connectivity index is 1.92. The standard InChI is InChI=1S/C16H15BrFN3/c1-21-16-5-3-2-4-11(16)15(20-21)9-14(19)10-6-7-13(18)12(17)8-10/h2-8,14H,9,19H2,1H3. The van der Waals surface area contributed by atoms with Crippen LogP contribution >= 0.6 is 15.9 Å². The van der Waals surface area contributed by atoms with Crippen molar-refractivity contribution in [2.24, 2.45) is 12.8 Å². The molecule has 0 radical (unpaired) electrons. The minimum absolute atomic E-state index is 0.222. The molecule has 21 heavy (non-hydrogen) atoms. The zero-order valence-electron chi connectivity index (χ0n) is 11.6. The molecule has 3 aromatic rings. The van der Waals surface area contributed by atoms with Crippen molar-refractivity contribution in [3.05, 3.63) is 64.0 Å². The molecule has 2 aromatic carbocycles. The molecule has 5 heteroatoms. The van der Waals surface area contributed by atoms with Gasteiger partial charge in [0.15, 0.2) is 0 Å². The van der Waals surface area contributed by atoms with Gasteiger partial charge in [0, 0.05) is 24.9 Å². The summed E-state index contributed by atoms with van der Waals surface area (Å²) in [5, 5.41) is 5.65. The number of halogens is 2. The Bertz CT molecular complexity index is 797. The van der Waals surface area contributed by atoms with E-state index in [4.69, 9.17) is 5.73 Å². The highest BCUT2D eigenvalue weighted by atomic mass is 79.9. The van der Waals surface area contributed by atoms with Gasteiger partial charge in [-0.25, -0.2) is 4.39 Å². The van der Waals surface area contributed by atoms with Gasteiger partial charge in [-0.15, -0.1) is 0 Å². The number of rotatable bonds is 3. The Labute approximate surface area is 130 Å². The highest BCUT2D eigenvalue weighted by Gasteiger charge is 2.14. The van der Waals surface area contributed by atoms with E-state index in [2.05, 4.69) is 21.0 Å². The zero-order valence-corrected chi connectivity index (χ0v) is 13.1. The maximum Gasteiger partial charge on any atom is 0.137 e. The van der Waals surface area contributed by atoms with Crippen molar-refractivity contribution in [1.29, 1.82) is 0 Å². The molecule has 1 atom stereocenters. The summed E-state index contributed by atoms with van der Waals surface area (Å²) in [6.45, 7) is 0. The molecule has 0 aliphatic heterocycles. The molecule has 0 saturated carbocycles. The molecule has 0 aliphatic rings. The normalized spacial score (nSPS) is 12.8. The monoisotopic (exact) mass is 347 g/mol. The van der Waals surface area contributed by atoms with Gasteiger partial charge in [0.25, 0.3) is 0 Å². The second kappa shape index (κ2) is 5.58. The van der Waals surface area contributed by atoms with Crippen LogP contribution in [0.1, 0.15) is 17.3 Å². The minimum Gasteiger partial charge on any atom is -0.324 e. The molecule has 0 fully saturated rings. The van der Waals surface area contributed by atoms with Gasteiger partial charge >= 0.3 is 0 Å². The van der Waals surface area contributed by atoms with Gasteiger partial charge in [-0.3, -0.25) is 4.68 Å². The molecule has 3 rings (SSSR count). The molecule has 1 aromatic heterocycles. The summed E-state index contributed by atoms with van der Waals surface area (Å²) in [4.78, 5) is 0. The lowest BCUT2D eigenvalue weighted by Crippen LogP contribution is -2.14. The van der Waals surface area contributed by atoms with Crippen LogP contribution in [0.5, 0.6) is 0 Å². The van der Waals surface area contributed by atoms with E-state index in [0.29, 0.717) is 10.9 Å². The molecule has 0 saturated heterocycles. The number of aromatic nitrogens is 2. The number of fused-ring (bicyclic) bond motifs is 1. The van der Waals surface area contributed by atoms with Crippen LogP contribution in [-0.4, -0.2) is 9.78 Å². The Morgan fingerprint density at radius 3 is 2.81 bits per heavy atom. The van der Waals surface area contributed by atoms with Crippen LogP contribution in [0.15, 0.2) is 46.9 Å².